The van der Waals surface area contributed by atoms with Crippen molar-refractivity contribution in [3.8, 4) is 0 Å². The lowest BCUT2D eigenvalue weighted by atomic mass is 9.83. The van der Waals surface area contributed by atoms with Crippen LogP contribution in [0, 0.1) is 0 Å². The number of hydrogen-bond acceptors (Lipinski definition) is 3. The molecule has 0 spiro atoms. The van der Waals surface area contributed by atoms with Gasteiger partial charge in [0.15, 0.2) is 0 Å². The third-order valence-electron chi connectivity index (χ3n) is 3.34. The predicted molar refractivity (Wildman–Crippen MR) is 93.3 cm³/mol. The zero-order valence-corrected chi connectivity index (χ0v) is 14.2. The van der Waals surface area contributed by atoms with Crippen LogP contribution in [0.1, 0.15) is 30.5 Å². The average molecular weight is 316 g/mol. The molecule has 0 unspecified atom stereocenters. The molecule has 3 aromatic rings. The van der Waals surface area contributed by atoms with Gasteiger partial charge in [0.1, 0.15) is 5.60 Å². The molecule has 0 aliphatic carbocycles. The summed E-state index contributed by atoms with van der Waals surface area (Å²) in [6, 6.07) is 14.7. The van der Waals surface area contributed by atoms with Gasteiger partial charge in [-0.1, -0.05) is 44.2 Å². The van der Waals surface area contributed by atoms with E-state index in [4.69, 9.17) is 4.74 Å². The van der Waals surface area contributed by atoms with E-state index < -0.39 is 5.60 Å². The highest BCUT2D eigenvalue weighted by molar-refractivity contribution is 7.08. The lowest BCUT2D eigenvalue weighted by Gasteiger charge is -2.32. The summed E-state index contributed by atoms with van der Waals surface area (Å²) in [5.74, 6) is 0. The van der Waals surface area contributed by atoms with Gasteiger partial charge in [0.25, 0.3) is 0 Å². The van der Waals surface area contributed by atoms with Crippen LogP contribution in [0.25, 0.3) is 0 Å². The second kappa shape index (κ2) is 7.55. The van der Waals surface area contributed by atoms with Crippen molar-refractivity contribution in [1.29, 1.82) is 0 Å². The van der Waals surface area contributed by atoms with Gasteiger partial charge in [-0.3, -0.25) is 0 Å². The fraction of sp³-hybridized carbons (Fsp3) is 0.222. The first kappa shape index (κ1) is 16.0. The van der Waals surface area contributed by atoms with Crippen molar-refractivity contribution in [3.63, 3.8) is 0 Å². The molecule has 0 fully saturated rings. The summed E-state index contributed by atoms with van der Waals surface area (Å²) in [4.78, 5) is 0. The fourth-order valence-electron chi connectivity index (χ4n) is 2.46. The summed E-state index contributed by atoms with van der Waals surface area (Å²) >= 11 is 3.39. The molecule has 0 atom stereocenters. The van der Waals surface area contributed by atoms with Gasteiger partial charge in [-0.25, -0.2) is 0 Å². The Morgan fingerprint density at radius 3 is 1.67 bits per heavy atom. The highest BCUT2D eigenvalue weighted by Gasteiger charge is 2.37. The molecule has 0 saturated heterocycles. The predicted octanol–water partition coefficient (Wildman–Crippen LogP) is 5.77. The van der Waals surface area contributed by atoms with Crippen LogP contribution in [-0.4, -0.2) is 7.11 Å². The van der Waals surface area contributed by atoms with Crippen molar-refractivity contribution >= 4 is 22.7 Å². The fourth-order valence-corrected chi connectivity index (χ4v) is 3.85. The van der Waals surface area contributed by atoms with Crippen LogP contribution in [0.15, 0.2) is 64.0 Å². The molecule has 1 nitrogen and oxygen atoms in total. The number of rotatable bonds is 4. The van der Waals surface area contributed by atoms with Crippen LogP contribution in [0.2, 0.25) is 0 Å². The lowest BCUT2D eigenvalue weighted by Crippen LogP contribution is -2.30. The number of thiophene rings is 2. The van der Waals surface area contributed by atoms with Crippen LogP contribution < -0.4 is 0 Å². The monoisotopic (exact) mass is 316 g/mol. The van der Waals surface area contributed by atoms with E-state index in [2.05, 4.69) is 57.9 Å². The van der Waals surface area contributed by atoms with Gasteiger partial charge in [-0.2, -0.15) is 22.7 Å². The Bertz CT molecular complexity index is 578. The zero-order valence-electron chi connectivity index (χ0n) is 12.6. The summed E-state index contributed by atoms with van der Waals surface area (Å²) in [6.45, 7) is 4.00. The molecule has 2 aromatic heterocycles. The molecule has 1 aromatic carbocycles. The third-order valence-corrected chi connectivity index (χ3v) is 4.71. The smallest absolute Gasteiger partial charge is 0.144 e. The second-order valence-corrected chi connectivity index (χ2v) is 5.84. The third kappa shape index (κ3) is 2.95. The topological polar surface area (TPSA) is 9.23 Å². The maximum Gasteiger partial charge on any atom is 0.144 e. The Balaban J connectivity index is 0.000000774. The maximum absolute atomic E-state index is 6.03. The zero-order chi connectivity index (χ0) is 15.1. The molecule has 110 valence electrons. The summed E-state index contributed by atoms with van der Waals surface area (Å²) in [6.07, 6.45) is 0. The quantitative estimate of drug-likeness (QED) is 0.593. The molecule has 2 heterocycles. The first-order chi connectivity index (χ1) is 10.4. The van der Waals surface area contributed by atoms with Crippen molar-refractivity contribution < 1.29 is 4.74 Å². The van der Waals surface area contributed by atoms with E-state index in [9.17, 15) is 0 Å². The van der Waals surface area contributed by atoms with Crippen LogP contribution >= 0.6 is 22.7 Å². The Morgan fingerprint density at radius 2 is 1.29 bits per heavy atom. The molecule has 0 amide bonds. The van der Waals surface area contributed by atoms with Gasteiger partial charge >= 0.3 is 0 Å². The number of hydrogen-bond donors (Lipinski definition) is 0. The van der Waals surface area contributed by atoms with Gasteiger partial charge in [0.05, 0.1) is 0 Å². The Labute approximate surface area is 134 Å². The van der Waals surface area contributed by atoms with Crippen LogP contribution in [0.5, 0.6) is 0 Å². The highest BCUT2D eigenvalue weighted by atomic mass is 32.1. The standard InChI is InChI=1S/C16H14OS2.C2H6/c1-17-16(14-7-9-18-11-14,15-8-10-19-12-15)13-5-3-2-4-6-13;1-2/h2-12H,1H3;1-2H3. The van der Waals surface area contributed by atoms with E-state index >= 15 is 0 Å². The molecule has 0 saturated carbocycles. The van der Waals surface area contributed by atoms with Gasteiger partial charge in [0.2, 0.25) is 0 Å². The Kier molecular flexibility index (Phi) is 5.74. The number of ether oxygens (including phenoxy) is 1. The van der Waals surface area contributed by atoms with Crippen molar-refractivity contribution in [2.45, 2.75) is 19.4 Å². The SMILES string of the molecule is CC.COC(c1ccccc1)(c1ccsc1)c1ccsc1. The molecule has 0 N–H and O–H groups in total. The highest BCUT2D eigenvalue weighted by Crippen LogP contribution is 2.41. The normalized spacial score (nSPS) is 10.8. The molecule has 3 rings (SSSR count). The largest absolute Gasteiger partial charge is 0.364 e. The van der Waals surface area contributed by atoms with Crippen molar-refractivity contribution in [1.82, 2.24) is 0 Å². The minimum atomic E-state index is -0.499. The summed E-state index contributed by atoms with van der Waals surface area (Å²) < 4.78 is 6.03. The summed E-state index contributed by atoms with van der Waals surface area (Å²) in [5, 5.41) is 8.51. The number of methoxy groups -OCH3 is 1. The molecular formula is C18H20OS2. The first-order valence-corrected chi connectivity index (χ1v) is 8.92. The van der Waals surface area contributed by atoms with E-state index in [1.807, 2.05) is 19.9 Å². The lowest BCUT2D eigenvalue weighted by molar-refractivity contribution is 0.0592. The van der Waals surface area contributed by atoms with E-state index in [0.717, 1.165) is 5.56 Å². The molecule has 0 aliphatic heterocycles. The van der Waals surface area contributed by atoms with Gasteiger partial charge in [0, 0.05) is 18.2 Å². The van der Waals surface area contributed by atoms with Gasteiger partial charge in [-0.15, -0.1) is 0 Å². The number of benzene rings is 1. The second-order valence-electron chi connectivity index (χ2n) is 4.28. The Morgan fingerprint density at radius 1 is 0.762 bits per heavy atom. The Hall–Kier alpha value is -1.42. The van der Waals surface area contributed by atoms with Crippen molar-refractivity contribution in [2.75, 3.05) is 7.11 Å². The minimum absolute atomic E-state index is 0.499. The molecular weight excluding hydrogens is 296 g/mol. The van der Waals surface area contributed by atoms with Crippen LogP contribution in [0.3, 0.4) is 0 Å². The molecule has 0 bridgehead atoms. The van der Waals surface area contributed by atoms with Crippen LogP contribution in [-0.2, 0) is 10.3 Å². The average Bonchev–Trinajstić information content (AvgIpc) is 3.26. The van der Waals surface area contributed by atoms with E-state index in [1.165, 1.54) is 11.1 Å². The molecule has 3 heteroatoms. The van der Waals surface area contributed by atoms with Crippen molar-refractivity contribution in [3.05, 3.63) is 80.7 Å². The van der Waals surface area contributed by atoms with Crippen LogP contribution in [0.4, 0.5) is 0 Å². The first-order valence-electron chi connectivity index (χ1n) is 7.04. The molecule has 0 aliphatic rings. The maximum atomic E-state index is 6.03. The molecule has 0 radical (unpaired) electrons. The minimum Gasteiger partial charge on any atom is -0.364 e. The van der Waals surface area contributed by atoms with Gasteiger partial charge < -0.3 is 4.74 Å². The molecule has 21 heavy (non-hydrogen) atoms. The summed E-state index contributed by atoms with van der Waals surface area (Å²) in [5.41, 5.74) is 3.03. The van der Waals surface area contributed by atoms with Gasteiger partial charge in [-0.05, 0) is 39.2 Å². The van der Waals surface area contributed by atoms with E-state index in [-0.39, 0.29) is 0 Å². The van der Waals surface area contributed by atoms with E-state index in [1.54, 1.807) is 29.8 Å². The van der Waals surface area contributed by atoms with Crippen molar-refractivity contribution in [2.24, 2.45) is 0 Å². The van der Waals surface area contributed by atoms with E-state index in [0.29, 0.717) is 0 Å². The summed E-state index contributed by atoms with van der Waals surface area (Å²) in [7, 11) is 1.78.